The molecule has 8 heteroatoms. The summed E-state index contributed by atoms with van der Waals surface area (Å²) in [6.45, 7) is 2.17. The fraction of sp³-hybridized carbons (Fsp3) is 0.154. The molecule has 2 heterocycles. The molecule has 3 aromatic rings. The van der Waals surface area contributed by atoms with Crippen molar-refractivity contribution in [3.8, 4) is 27.9 Å². The van der Waals surface area contributed by atoms with Crippen molar-refractivity contribution in [2.24, 2.45) is 5.73 Å². The van der Waals surface area contributed by atoms with Crippen molar-refractivity contribution in [2.45, 2.75) is 13.5 Å². The number of phenolic OH excluding ortho intramolecular Hbond substituents is 1. The lowest BCUT2D eigenvalue weighted by Crippen LogP contribution is -1.94. The van der Waals surface area contributed by atoms with Crippen LogP contribution < -0.4 is 5.73 Å². The highest BCUT2D eigenvalue weighted by atomic mass is 32.1. The molecule has 0 saturated carbocycles. The van der Waals surface area contributed by atoms with Crippen LogP contribution in [-0.4, -0.2) is 20.2 Å². The van der Waals surface area contributed by atoms with Crippen molar-refractivity contribution in [1.82, 2.24) is 15.1 Å². The minimum Gasteiger partial charge on any atom is -0.505 e. The maximum atomic E-state index is 13.3. The molecule has 0 amide bonds. The number of benzene rings is 1. The molecule has 1 aromatic carbocycles. The Morgan fingerprint density at radius 1 is 1.38 bits per heavy atom. The van der Waals surface area contributed by atoms with E-state index >= 15 is 0 Å². The lowest BCUT2D eigenvalue weighted by Gasteiger charge is -1.96. The van der Waals surface area contributed by atoms with E-state index in [0.29, 0.717) is 18.0 Å². The van der Waals surface area contributed by atoms with E-state index in [4.69, 9.17) is 10.3 Å². The zero-order valence-electron chi connectivity index (χ0n) is 11.0. The Hall–Kier alpha value is -2.32. The summed E-state index contributed by atoms with van der Waals surface area (Å²) >= 11 is 1.38. The molecule has 3 N–H and O–H groups in total. The van der Waals surface area contributed by atoms with E-state index in [-0.39, 0.29) is 5.82 Å². The Morgan fingerprint density at radius 2 is 2.19 bits per heavy atom. The van der Waals surface area contributed by atoms with Crippen LogP contribution in [0, 0.1) is 12.7 Å². The Bertz CT molecular complexity index is 799. The molecule has 0 aliphatic heterocycles. The molecule has 0 aliphatic carbocycles. The molecule has 0 atom stereocenters. The minimum absolute atomic E-state index is 0.242. The van der Waals surface area contributed by atoms with E-state index in [2.05, 4.69) is 15.1 Å². The van der Waals surface area contributed by atoms with Gasteiger partial charge in [0.2, 0.25) is 5.82 Å². The quantitative estimate of drug-likeness (QED) is 0.771. The maximum absolute atomic E-state index is 13.3. The van der Waals surface area contributed by atoms with E-state index in [1.54, 1.807) is 0 Å². The number of thiazole rings is 1. The summed E-state index contributed by atoms with van der Waals surface area (Å²) in [6.07, 6.45) is 0. The summed E-state index contributed by atoms with van der Waals surface area (Å²) in [7, 11) is 0. The third-order valence-electron chi connectivity index (χ3n) is 2.84. The lowest BCUT2D eigenvalue weighted by molar-refractivity contribution is 0.430. The smallest absolute Gasteiger partial charge is 0.270 e. The highest BCUT2D eigenvalue weighted by Gasteiger charge is 2.17. The number of halogens is 1. The van der Waals surface area contributed by atoms with Gasteiger partial charge in [0.1, 0.15) is 9.88 Å². The van der Waals surface area contributed by atoms with Crippen molar-refractivity contribution >= 4 is 11.3 Å². The second kappa shape index (κ2) is 5.23. The molecule has 108 valence electrons. The fourth-order valence-corrected chi connectivity index (χ4v) is 2.68. The summed E-state index contributed by atoms with van der Waals surface area (Å²) in [6, 6.07) is 3.90. The van der Waals surface area contributed by atoms with Crippen molar-refractivity contribution in [3.63, 3.8) is 0 Å². The van der Waals surface area contributed by atoms with Gasteiger partial charge in [0.05, 0.1) is 5.69 Å². The monoisotopic (exact) mass is 306 g/mol. The molecular weight excluding hydrogens is 295 g/mol. The molecule has 6 nitrogen and oxygen atoms in total. The van der Waals surface area contributed by atoms with Crippen molar-refractivity contribution in [2.75, 3.05) is 0 Å². The molecule has 3 rings (SSSR count). The predicted octanol–water partition coefficient (Wildman–Crippen LogP) is 2.47. The van der Waals surface area contributed by atoms with E-state index in [9.17, 15) is 9.50 Å². The van der Waals surface area contributed by atoms with E-state index in [0.717, 1.165) is 21.6 Å². The number of rotatable bonds is 3. The molecule has 0 saturated heterocycles. The van der Waals surface area contributed by atoms with Gasteiger partial charge in [0.15, 0.2) is 11.6 Å². The third-order valence-corrected chi connectivity index (χ3v) is 4.01. The van der Waals surface area contributed by atoms with E-state index < -0.39 is 11.6 Å². The predicted molar refractivity (Wildman–Crippen MR) is 75.1 cm³/mol. The van der Waals surface area contributed by atoms with Crippen LogP contribution in [0.5, 0.6) is 5.75 Å². The van der Waals surface area contributed by atoms with Crippen LogP contribution in [-0.2, 0) is 6.54 Å². The van der Waals surface area contributed by atoms with Crippen LogP contribution in [0.25, 0.3) is 22.2 Å². The van der Waals surface area contributed by atoms with Gasteiger partial charge >= 0.3 is 0 Å². The maximum Gasteiger partial charge on any atom is 0.270 e. The topological polar surface area (TPSA) is 98.1 Å². The number of nitrogens with zero attached hydrogens (tertiary/aromatic N) is 3. The van der Waals surface area contributed by atoms with Crippen LogP contribution in [0.2, 0.25) is 0 Å². The zero-order valence-corrected chi connectivity index (χ0v) is 11.8. The van der Waals surface area contributed by atoms with Gasteiger partial charge in [0.25, 0.3) is 5.89 Å². The number of hydrogen-bond acceptors (Lipinski definition) is 7. The Labute approximate surface area is 123 Å². The summed E-state index contributed by atoms with van der Waals surface area (Å²) < 4.78 is 18.5. The van der Waals surface area contributed by atoms with E-state index in [1.807, 2.05) is 6.92 Å². The van der Waals surface area contributed by atoms with Gasteiger partial charge < -0.3 is 15.4 Å². The second-order valence-electron chi connectivity index (χ2n) is 4.32. The van der Waals surface area contributed by atoms with Gasteiger partial charge in [-0.15, -0.1) is 11.3 Å². The summed E-state index contributed by atoms with van der Waals surface area (Å²) in [5, 5.41) is 13.8. The molecule has 2 aromatic heterocycles. The molecule has 0 aliphatic rings. The average Bonchev–Trinajstić information content (AvgIpc) is 3.08. The SMILES string of the molecule is Cc1nc(CN)sc1-c1nc(-c2ccc(O)c(F)c2)no1. The van der Waals surface area contributed by atoms with Gasteiger partial charge in [-0.25, -0.2) is 9.37 Å². The number of aryl methyl sites for hydroxylation is 1. The zero-order chi connectivity index (χ0) is 15.0. The van der Waals surface area contributed by atoms with Crippen molar-refractivity contribution < 1.29 is 14.0 Å². The van der Waals surface area contributed by atoms with Gasteiger partial charge in [-0.05, 0) is 25.1 Å². The van der Waals surface area contributed by atoms with Crippen LogP contribution >= 0.6 is 11.3 Å². The Morgan fingerprint density at radius 3 is 2.86 bits per heavy atom. The van der Waals surface area contributed by atoms with Crippen LogP contribution in [0.15, 0.2) is 22.7 Å². The first-order valence-electron chi connectivity index (χ1n) is 6.08. The first kappa shape index (κ1) is 13.7. The van der Waals surface area contributed by atoms with E-state index in [1.165, 1.54) is 23.5 Å². The van der Waals surface area contributed by atoms with Crippen LogP contribution in [0.4, 0.5) is 4.39 Å². The number of phenols is 1. The molecule has 0 fully saturated rings. The highest BCUT2D eigenvalue weighted by molar-refractivity contribution is 7.15. The van der Waals surface area contributed by atoms with Gasteiger partial charge in [0, 0.05) is 12.1 Å². The number of nitrogens with two attached hydrogens (primary N) is 1. The largest absolute Gasteiger partial charge is 0.505 e. The Balaban J connectivity index is 1.99. The van der Waals surface area contributed by atoms with Gasteiger partial charge in [-0.3, -0.25) is 0 Å². The number of aromatic nitrogens is 3. The number of hydrogen-bond donors (Lipinski definition) is 2. The molecule has 0 spiro atoms. The molecular formula is C13H11FN4O2S. The van der Waals surface area contributed by atoms with Crippen molar-refractivity contribution in [1.29, 1.82) is 0 Å². The minimum atomic E-state index is -0.738. The highest BCUT2D eigenvalue weighted by Crippen LogP contribution is 2.30. The summed E-state index contributed by atoms with van der Waals surface area (Å²) in [5.74, 6) is -0.606. The standard InChI is InChI=1S/C13H11FN4O2S/c1-6-11(21-10(5-15)16-6)13-17-12(18-20-13)7-2-3-9(19)8(14)4-7/h2-4,19H,5,15H2,1H3. The van der Waals surface area contributed by atoms with Gasteiger partial charge in [-0.1, -0.05) is 5.16 Å². The second-order valence-corrected chi connectivity index (χ2v) is 5.40. The molecule has 0 unspecified atom stereocenters. The first-order valence-corrected chi connectivity index (χ1v) is 6.89. The van der Waals surface area contributed by atoms with Crippen LogP contribution in [0.1, 0.15) is 10.7 Å². The van der Waals surface area contributed by atoms with Crippen molar-refractivity contribution in [3.05, 3.63) is 34.7 Å². The number of aromatic hydroxyl groups is 1. The normalized spacial score (nSPS) is 11.0. The van der Waals surface area contributed by atoms with Crippen LogP contribution in [0.3, 0.4) is 0 Å². The third kappa shape index (κ3) is 2.50. The first-order chi connectivity index (χ1) is 10.1. The molecule has 0 bridgehead atoms. The lowest BCUT2D eigenvalue weighted by atomic mass is 10.2. The fourth-order valence-electron chi connectivity index (χ4n) is 1.82. The molecule has 0 radical (unpaired) electrons. The molecule has 21 heavy (non-hydrogen) atoms. The average molecular weight is 306 g/mol. The summed E-state index contributed by atoms with van der Waals surface area (Å²) in [4.78, 5) is 9.26. The van der Waals surface area contributed by atoms with Gasteiger partial charge in [-0.2, -0.15) is 4.98 Å². The Kier molecular flexibility index (Phi) is 3.40. The summed E-state index contributed by atoms with van der Waals surface area (Å²) in [5.41, 5.74) is 6.73.